The van der Waals surface area contributed by atoms with Gasteiger partial charge < -0.3 is 4.57 Å². The Bertz CT molecular complexity index is 1470. The van der Waals surface area contributed by atoms with E-state index in [9.17, 15) is 13.2 Å². The minimum Gasteiger partial charge on any atom is -0.343 e. The lowest BCUT2D eigenvalue weighted by Gasteiger charge is -2.20. The molecular formula is C23H27ClN4O3S. The number of fused-ring (bicyclic) bond motifs is 2. The maximum atomic E-state index is 13.5. The van der Waals surface area contributed by atoms with Crippen molar-refractivity contribution < 1.29 is 8.42 Å². The molecular weight excluding hydrogens is 448 g/mol. The molecule has 0 N–H and O–H groups in total. The molecule has 0 aliphatic carbocycles. The number of hydrogen-bond acceptors (Lipinski definition) is 4. The van der Waals surface area contributed by atoms with Crippen molar-refractivity contribution in [1.82, 2.24) is 18.7 Å². The van der Waals surface area contributed by atoms with Gasteiger partial charge in [0.25, 0.3) is 0 Å². The number of hydrogen-bond donors (Lipinski definition) is 0. The Morgan fingerprint density at radius 2 is 1.78 bits per heavy atom. The van der Waals surface area contributed by atoms with Gasteiger partial charge in [-0.05, 0) is 57.5 Å². The van der Waals surface area contributed by atoms with Gasteiger partial charge in [0.05, 0.1) is 29.5 Å². The Morgan fingerprint density at radius 3 is 2.47 bits per heavy atom. The van der Waals surface area contributed by atoms with Gasteiger partial charge in [-0.3, -0.25) is 14.1 Å². The molecule has 170 valence electrons. The molecule has 0 saturated carbocycles. The number of benzene rings is 1. The highest BCUT2D eigenvalue weighted by Gasteiger charge is 2.23. The molecule has 0 bridgehead atoms. The summed E-state index contributed by atoms with van der Waals surface area (Å²) in [6.45, 7) is 6.88. The maximum absolute atomic E-state index is 13.5. The average molecular weight is 475 g/mol. The van der Waals surface area contributed by atoms with Gasteiger partial charge in [0.15, 0.2) is 0 Å². The number of pyridine rings is 1. The predicted octanol–water partition coefficient (Wildman–Crippen LogP) is 4.04. The zero-order chi connectivity index (χ0) is 23.3. The normalized spacial score (nSPS) is 12.8. The first-order valence-electron chi connectivity index (χ1n) is 10.5. The van der Waals surface area contributed by atoms with Crippen molar-refractivity contribution in [3.8, 4) is 0 Å². The van der Waals surface area contributed by atoms with E-state index in [1.165, 1.54) is 6.26 Å². The second-order valence-corrected chi connectivity index (χ2v) is 11.9. The molecule has 0 saturated heterocycles. The number of imidazole rings is 1. The van der Waals surface area contributed by atoms with Gasteiger partial charge in [0.2, 0.25) is 0 Å². The Morgan fingerprint density at radius 1 is 1.03 bits per heavy atom. The Hall–Kier alpha value is -2.58. The van der Waals surface area contributed by atoms with Crippen LogP contribution in [0.1, 0.15) is 32.9 Å². The standard InChI is InChI=1S/C23H27ClN4O3S/c1-23(2,3)28-20-8-9-25-14-21(20)27(22(28)29)15-18-13-16-12-17(24)6-7-19(16)26(18)10-5-11-32(4,30)31/h6-9,12-14H,5,10-11,15H2,1-4H3. The van der Waals surface area contributed by atoms with Crippen molar-refractivity contribution in [2.24, 2.45) is 0 Å². The van der Waals surface area contributed by atoms with E-state index in [1.54, 1.807) is 21.5 Å². The number of halogens is 1. The maximum Gasteiger partial charge on any atom is 0.330 e. The highest BCUT2D eigenvalue weighted by molar-refractivity contribution is 7.90. The molecule has 32 heavy (non-hydrogen) atoms. The molecule has 3 aromatic heterocycles. The molecule has 0 aliphatic heterocycles. The van der Waals surface area contributed by atoms with E-state index in [0.717, 1.165) is 27.6 Å². The molecule has 4 aromatic rings. The summed E-state index contributed by atoms with van der Waals surface area (Å²) in [7, 11) is -3.06. The summed E-state index contributed by atoms with van der Waals surface area (Å²) in [4.78, 5) is 17.7. The van der Waals surface area contributed by atoms with E-state index in [-0.39, 0.29) is 11.4 Å². The lowest BCUT2D eigenvalue weighted by molar-refractivity contribution is 0.390. The summed E-state index contributed by atoms with van der Waals surface area (Å²) in [5.41, 5.74) is 2.97. The first-order chi connectivity index (χ1) is 15.0. The molecule has 7 nitrogen and oxygen atoms in total. The highest BCUT2D eigenvalue weighted by atomic mass is 35.5. The molecule has 0 fully saturated rings. The summed E-state index contributed by atoms with van der Waals surface area (Å²) in [6.07, 6.45) is 5.14. The fourth-order valence-electron chi connectivity index (χ4n) is 4.24. The van der Waals surface area contributed by atoms with Crippen LogP contribution in [0.5, 0.6) is 0 Å². The number of aromatic nitrogens is 4. The summed E-state index contributed by atoms with van der Waals surface area (Å²) >= 11 is 6.21. The van der Waals surface area contributed by atoms with Crippen molar-refractivity contribution >= 4 is 43.4 Å². The van der Waals surface area contributed by atoms with Crippen molar-refractivity contribution in [3.05, 3.63) is 63.9 Å². The SMILES string of the molecule is CC(C)(C)n1c(=O)n(Cc2cc3cc(Cl)ccc3n2CCCS(C)(=O)=O)c2cnccc21. The molecule has 0 radical (unpaired) electrons. The number of nitrogens with zero attached hydrogens (tertiary/aromatic N) is 4. The van der Waals surface area contributed by atoms with Crippen LogP contribution in [0.2, 0.25) is 5.02 Å². The second kappa shape index (κ2) is 8.08. The van der Waals surface area contributed by atoms with Gasteiger partial charge in [-0.2, -0.15) is 0 Å². The predicted molar refractivity (Wildman–Crippen MR) is 129 cm³/mol. The highest BCUT2D eigenvalue weighted by Crippen LogP contribution is 2.26. The molecule has 0 spiro atoms. The van der Waals surface area contributed by atoms with Gasteiger partial charge in [0, 0.05) is 46.2 Å². The van der Waals surface area contributed by atoms with Crippen LogP contribution in [0.25, 0.3) is 21.9 Å². The minimum absolute atomic E-state index is 0.104. The number of aryl methyl sites for hydroxylation is 1. The molecule has 0 amide bonds. The van der Waals surface area contributed by atoms with Gasteiger partial charge in [-0.25, -0.2) is 13.2 Å². The monoisotopic (exact) mass is 474 g/mol. The van der Waals surface area contributed by atoms with Crippen LogP contribution in [0.15, 0.2) is 47.5 Å². The lowest BCUT2D eigenvalue weighted by atomic mass is 10.1. The van der Waals surface area contributed by atoms with E-state index in [1.807, 2.05) is 51.1 Å². The average Bonchev–Trinajstić information content (AvgIpc) is 3.15. The molecule has 3 heterocycles. The van der Waals surface area contributed by atoms with Crippen LogP contribution in [0, 0.1) is 0 Å². The van der Waals surface area contributed by atoms with Gasteiger partial charge in [-0.15, -0.1) is 0 Å². The topological polar surface area (TPSA) is 78.9 Å². The van der Waals surface area contributed by atoms with Crippen molar-refractivity contribution in [1.29, 1.82) is 0 Å². The van der Waals surface area contributed by atoms with E-state index in [4.69, 9.17) is 11.6 Å². The fourth-order valence-corrected chi connectivity index (χ4v) is 5.08. The van der Waals surface area contributed by atoms with E-state index >= 15 is 0 Å². The number of rotatable bonds is 6. The van der Waals surface area contributed by atoms with Crippen LogP contribution in [-0.4, -0.2) is 39.1 Å². The molecule has 0 unspecified atom stereocenters. The molecule has 4 rings (SSSR count). The molecule has 1 aromatic carbocycles. The van der Waals surface area contributed by atoms with Gasteiger partial charge in [0.1, 0.15) is 9.84 Å². The van der Waals surface area contributed by atoms with E-state index in [2.05, 4.69) is 9.55 Å². The van der Waals surface area contributed by atoms with Crippen LogP contribution in [0.3, 0.4) is 0 Å². The zero-order valence-corrected chi connectivity index (χ0v) is 20.2. The molecule has 0 aliphatic rings. The summed E-state index contributed by atoms with van der Waals surface area (Å²) in [6, 6.07) is 9.52. The Labute approximate surface area is 192 Å². The third kappa shape index (κ3) is 4.34. The van der Waals surface area contributed by atoms with Crippen molar-refractivity contribution in [2.45, 2.75) is 45.8 Å². The molecule has 0 atom stereocenters. The van der Waals surface area contributed by atoms with Crippen LogP contribution in [-0.2, 0) is 28.5 Å². The summed E-state index contributed by atoms with van der Waals surface area (Å²) in [5, 5.41) is 1.58. The fraction of sp³-hybridized carbons (Fsp3) is 0.391. The second-order valence-electron chi connectivity index (χ2n) is 9.21. The number of sulfone groups is 1. The van der Waals surface area contributed by atoms with E-state index < -0.39 is 15.4 Å². The van der Waals surface area contributed by atoms with Gasteiger partial charge in [-0.1, -0.05) is 11.6 Å². The summed E-state index contributed by atoms with van der Waals surface area (Å²) in [5.74, 6) is 0.104. The van der Waals surface area contributed by atoms with Crippen molar-refractivity contribution in [3.63, 3.8) is 0 Å². The molecule has 9 heteroatoms. The third-order valence-electron chi connectivity index (χ3n) is 5.57. The largest absolute Gasteiger partial charge is 0.343 e. The first-order valence-corrected chi connectivity index (χ1v) is 12.9. The lowest BCUT2D eigenvalue weighted by Crippen LogP contribution is -2.35. The summed E-state index contributed by atoms with van der Waals surface area (Å²) < 4.78 is 28.9. The van der Waals surface area contributed by atoms with Crippen molar-refractivity contribution in [2.75, 3.05) is 12.0 Å². The van der Waals surface area contributed by atoms with Crippen LogP contribution < -0.4 is 5.69 Å². The van der Waals surface area contributed by atoms with Gasteiger partial charge >= 0.3 is 5.69 Å². The smallest absolute Gasteiger partial charge is 0.330 e. The van der Waals surface area contributed by atoms with Crippen LogP contribution in [0.4, 0.5) is 0 Å². The minimum atomic E-state index is -3.06. The zero-order valence-electron chi connectivity index (χ0n) is 18.7. The Kier molecular flexibility index (Phi) is 5.71. The van der Waals surface area contributed by atoms with Crippen LogP contribution >= 0.6 is 11.6 Å². The van der Waals surface area contributed by atoms with E-state index in [0.29, 0.717) is 24.5 Å². The third-order valence-corrected chi connectivity index (χ3v) is 6.83. The quantitative estimate of drug-likeness (QED) is 0.422. The first kappa shape index (κ1) is 22.6. The Balaban J connectivity index is 1.85.